The van der Waals surface area contributed by atoms with Crippen LogP contribution in [0.5, 0.6) is 5.75 Å². The van der Waals surface area contributed by atoms with Gasteiger partial charge in [0.05, 0.1) is 23.4 Å². The molecule has 1 aromatic rings. The molecule has 2 unspecified atom stereocenters. The van der Waals surface area contributed by atoms with Crippen molar-refractivity contribution in [3.8, 4) is 5.75 Å². The minimum Gasteiger partial charge on any atom is -0.493 e. The summed E-state index contributed by atoms with van der Waals surface area (Å²) >= 11 is 9.61. The molecule has 0 amide bonds. The van der Waals surface area contributed by atoms with E-state index in [2.05, 4.69) is 28.2 Å². The van der Waals surface area contributed by atoms with E-state index < -0.39 is 0 Å². The molecule has 5 heteroatoms. The smallest absolute Gasteiger partial charge is 0.156 e. The number of halogens is 2. The van der Waals surface area contributed by atoms with E-state index in [1.54, 1.807) is 7.11 Å². The fraction of sp³-hybridized carbons (Fsp3) is 0.600. The molecule has 2 rings (SSSR count). The van der Waals surface area contributed by atoms with Crippen LogP contribution >= 0.6 is 27.5 Å². The Morgan fingerprint density at radius 2 is 2.30 bits per heavy atom. The van der Waals surface area contributed by atoms with Crippen molar-refractivity contribution in [2.24, 2.45) is 0 Å². The number of anilines is 1. The van der Waals surface area contributed by atoms with E-state index in [1.807, 2.05) is 12.1 Å². The van der Waals surface area contributed by atoms with E-state index in [0.717, 1.165) is 48.2 Å². The van der Waals surface area contributed by atoms with Crippen molar-refractivity contribution in [1.29, 1.82) is 0 Å². The van der Waals surface area contributed by atoms with Gasteiger partial charge in [-0.3, -0.25) is 0 Å². The first kappa shape index (κ1) is 15.9. The van der Waals surface area contributed by atoms with Gasteiger partial charge < -0.3 is 14.8 Å². The van der Waals surface area contributed by atoms with Gasteiger partial charge in [-0.1, -0.05) is 24.9 Å². The third kappa shape index (κ3) is 4.03. The lowest BCUT2D eigenvalue weighted by Crippen LogP contribution is -2.34. The number of methoxy groups -OCH3 is 1. The molecular formula is C15H21BrClNO2. The second-order valence-corrected chi connectivity index (χ2v) is 6.41. The highest BCUT2D eigenvalue weighted by atomic mass is 79.9. The summed E-state index contributed by atoms with van der Waals surface area (Å²) in [4.78, 5) is 0. The first-order valence-electron chi connectivity index (χ1n) is 7.05. The van der Waals surface area contributed by atoms with Gasteiger partial charge in [0.1, 0.15) is 0 Å². The van der Waals surface area contributed by atoms with E-state index in [0.29, 0.717) is 17.2 Å². The van der Waals surface area contributed by atoms with Gasteiger partial charge in [-0.15, -0.1) is 0 Å². The van der Waals surface area contributed by atoms with Crippen LogP contribution in [-0.4, -0.2) is 25.9 Å². The summed E-state index contributed by atoms with van der Waals surface area (Å²) in [5, 5.41) is 4.24. The molecule has 0 aromatic heterocycles. The fourth-order valence-electron chi connectivity index (χ4n) is 2.63. The molecule has 2 atom stereocenters. The Hall–Kier alpha value is -0.450. The second kappa shape index (κ2) is 7.53. The van der Waals surface area contributed by atoms with Crippen LogP contribution in [-0.2, 0) is 4.74 Å². The van der Waals surface area contributed by atoms with Crippen molar-refractivity contribution in [3.63, 3.8) is 0 Å². The zero-order valence-electron chi connectivity index (χ0n) is 11.9. The Morgan fingerprint density at radius 1 is 1.50 bits per heavy atom. The van der Waals surface area contributed by atoms with Crippen molar-refractivity contribution in [3.05, 3.63) is 21.6 Å². The monoisotopic (exact) mass is 361 g/mol. The Bertz CT molecular complexity index is 454. The number of benzene rings is 1. The molecule has 1 saturated heterocycles. The molecule has 1 heterocycles. The van der Waals surface area contributed by atoms with Crippen molar-refractivity contribution in [2.45, 2.75) is 44.8 Å². The molecule has 1 N–H and O–H groups in total. The highest BCUT2D eigenvalue weighted by Crippen LogP contribution is 2.37. The van der Waals surface area contributed by atoms with Gasteiger partial charge in [-0.2, -0.15) is 0 Å². The molecule has 1 aliphatic heterocycles. The van der Waals surface area contributed by atoms with Crippen LogP contribution in [0.15, 0.2) is 16.6 Å². The molecule has 1 aliphatic rings. The summed E-state index contributed by atoms with van der Waals surface area (Å²) in [6.07, 6.45) is 4.67. The molecule has 0 aliphatic carbocycles. The van der Waals surface area contributed by atoms with Crippen LogP contribution < -0.4 is 10.1 Å². The summed E-state index contributed by atoms with van der Waals surface area (Å²) in [5.74, 6) is 0.799. The highest BCUT2D eigenvalue weighted by molar-refractivity contribution is 9.10. The number of hydrogen-bond donors (Lipinski definition) is 1. The van der Waals surface area contributed by atoms with Crippen LogP contribution in [0.2, 0.25) is 5.02 Å². The molecular weight excluding hydrogens is 342 g/mol. The third-order valence-electron chi connectivity index (χ3n) is 3.55. The SMILES string of the molecule is CCCC1CC(Nc2cc(Cl)cc(Br)c2OC)CCO1. The standard InChI is InChI=1S/C15H21BrClNO2/c1-3-4-12-9-11(5-6-20-12)18-14-8-10(17)7-13(16)15(14)19-2/h7-8,11-12,18H,3-6,9H2,1-2H3. The van der Waals surface area contributed by atoms with Gasteiger partial charge in [-0.25, -0.2) is 0 Å². The average Bonchev–Trinajstić information content (AvgIpc) is 2.39. The van der Waals surface area contributed by atoms with Crippen molar-refractivity contribution >= 4 is 33.2 Å². The van der Waals surface area contributed by atoms with Crippen LogP contribution in [0.4, 0.5) is 5.69 Å². The van der Waals surface area contributed by atoms with Gasteiger partial charge >= 0.3 is 0 Å². The number of hydrogen-bond acceptors (Lipinski definition) is 3. The van der Waals surface area contributed by atoms with Crippen molar-refractivity contribution in [1.82, 2.24) is 0 Å². The van der Waals surface area contributed by atoms with Crippen molar-refractivity contribution in [2.75, 3.05) is 19.0 Å². The summed E-state index contributed by atoms with van der Waals surface area (Å²) < 4.78 is 12.1. The van der Waals surface area contributed by atoms with Crippen LogP contribution in [0.25, 0.3) is 0 Å². The van der Waals surface area contributed by atoms with Gasteiger partial charge in [-0.05, 0) is 47.3 Å². The minimum absolute atomic E-state index is 0.361. The molecule has 3 nitrogen and oxygen atoms in total. The first-order chi connectivity index (χ1) is 9.63. The van der Waals surface area contributed by atoms with E-state index in [4.69, 9.17) is 21.1 Å². The lowest BCUT2D eigenvalue weighted by Gasteiger charge is -2.31. The maximum Gasteiger partial charge on any atom is 0.156 e. The zero-order valence-corrected chi connectivity index (χ0v) is 14.3. The topological polar surface area (TPSA) is 30.5 Å². The third-order valence-corrected chi connectivity index (χ3v) is 4.36. The predicted molar refractivity (Wildman–Crippen MR) is 87.0 cm³/mol. The predicted octanol–water partition coefficient (Wildman–Crippen LogP) is 4.87. The Labute approximate surface area is 134 Å². The Balaban J connectivity index is 2.09. The Morgan fingerprint density at radius 3 is 3.00 bits per heavy atom. The van der Waals surface area contributed by atoms with Crippen LogP contribution in [0, 0.1) is 0 Å². The van der Waals surface area contributed by atoms with E-state index in [9.17, 15) is 0 Å². The lowest BCUT2D eigenvalue weighted by atomic mass is 10.00. The van der Waals surface area contributed by atoms with E-state index in [-0.39, 0.29) is 0 Å². The van der Waals surface area contributed by atoms with Crippen LogP contribution in [0.1, 0.15) is 32.6 Å². The quantitative estimate of drug-likeness (QED) is 0.810. The number of rotatable bonds is 5. The van der Waals surface area contributed by atoms with Crippen molar-refractivity contribution < 1.29 is 9.47 Å². The molecule has 0 spiro atoms. The highest BCUT2D eigenvalue weighted by Gasteiger charge is 2.23. The summed E-state index contributed by atoms with van der Waals surface area (Å²) in [5.41, 5.74) is 0.939. The maximum atomic E-state index is 6.12. The van der Waals surface area contributed by atoms with Gasteiger partial charge in [0.2, 0.25) is 0 Å². The normalized spacial score (nSPS) is 22.6. The average molecular weight is 363 g/mol. The first-order valence-corrected chi connectivity index (χ1v) is 8.22. The molecule has 0 radical (unpaired) electrons. The van der Waals surface area contributed by atoms with Crippen LogP contribution in [0.3, 0.4) is 0 Å². The molecule has 0 saturated carbocycles. The lowest BCUT2D eigenvalue weighted by molar-refractivity contribution is 0.00595. The number of ether oxygens (including phenoxy) is 2. The number of nitrogens with one attached hydrogen (secondary N) is 1. The Kier molecular flexibility index (Phi) is 6.00. The van der Waals surface area contributed by atoms with Gasteiger partial charge in [0.25, 0.3) is 0 Å². The van der Waals surface area contributed by atoms with Gasteiger partial charge in [0, 0.05) is 17.7 Å². The molecule has 0 bridgehead atoms. The summed E-state index contributed by atoms with van der Waals surface area (Å²) in [7, 11) is 1.67. The fourth-order valence-corrected chi connectivity index (χ4v) is 3.60. The second-order valence-electron chi connectivity index (χ2n) is 5.12. The van der Waals surface area contributed by atoms with Gasteiger partial charge in [0.15, 0.2) is 5.75 Å². The molecule has 112 valence electrons. The molecule has 1 fully saturated rings. The van der Waals surface area contributed by atoms with E-state index in [1.165, 1.54) is 0 Å². The summed E-state index contributed by atoms with van der Waals surface area (Å²) in [6.45, 7) is 3.00. The molecule has 1 aromatic carbocycles. The largest absolute Gasteiger partial charge is 0.493 e. The van der Waals surface area contributed by atoms with E-state index >= 15 is 0 Å². The minimum atomic E-state index is 0.361. The maximum absolute atomic E-state index is 6.12. The zero-order chi connectivity index (χ0) is 14.5. The summed E-state index contributed by atoms with van der Waals surface area (Å²) in [6, 6.07) is 4.16. The molecule has 20 heavy (non-hydrogen) atoms.